The van der Waals surface area contributed by atoms with Crippen molar-refractivity contribution in [3.63, 3.8) is 0 Å². The van der Waals surface area contributed by atoms with Crippen molar-refractivity contribution in [1.82, 2.24) is 4.72 Å². The second-order valence-corrected chi connectivity index (χ2v) is 6.53. The Morgan fingerprint density at radius 2 is 2.05 bits per heavy atom. The third-order valence-corrected chi connectivity index (χ3v) is 4.81. The minimum atomic E-state index is -3.41. The summed E-state index contributed by atoms with van der Waals surface area (Å²) >= 11 is 0. The predicted molar refractivity (Wildman–Crippen MR) is 73.1 cm³/mol. The minimum Gasteiger partial charge on any atom is -0.381 e. The highest BCUT2D eigenvalue weighted by Gasteiger charge is 2.17. The molecule has 2 rings (SSSR count). The van der Waals surface area contributed by atoms with E-state index in [1.807, 2.05) is 0 Å². The smallest absolute Gasteiger partial charge is 0.240 e. The second-order valence-electron chi connectivity index (χ2n) is 4.76. The van der Waals surface area contributed by atoms with E-state index < -0.39 is 10.0 Å². The van der Waals surface area contributed by atoms with Gasteiger partial charge in [-0.3, -0.25) is 0 Å². The van der Waals surface area contributed by atoms with Crippen LogP contribution in [-0.4, -0.2) is 28.2 Å². The summed E-state index contributed by atoms with van der Waals surface area (Å²) in [6.45, 7) is 2.40. The maximum absolute atomic E-state index is 12.0. The van der Waals surface area contributed by atoms with Gasteiger partial charge in [0.25, 0.3) is 0 Å². The lowest BCUT2D eigenvalue weighted by Gasteiger charge is -2.10. The van der Waals surface area contributed by atoms with Crippen LogP contribution in [0.15, 0.2) is 29.2 Å². The van der Waals surface area contributed by atoms with E-state index in [1.54, 1.807) is 24.3 Å². The van der Waals surface area contributed by atoms with Gasteiger partial charge in [-0.05, 0) is 36.5 Å². The van der Waals surface area contributed by atoms with Crippen LogP contribution in [-0.2, 0) is 21.3 Å². The van der Waals surface area contributed by atoms with Gasteiger partial charge in [0, 0.05) is 26.3 Å². The number of nitrogens with one attached hydrogen (secondary N) is 1. The predicted octanol–water partition coefficient (Wildman–Crippen LogP) is 0.850. The third-order valence-electron chi connectivity index (χ3n) is 3.34. The molecule has 1 aromatic carbocycles. The molecular weight excluding hydrogens is 264 g/mol. The number of benzene rings is 1. The first-order valence-electron chi connectivity index (χ1n) is 6.48. The van der Waals surface area contributed by atoms with Crippen molar-refractivity contribution in [2.24, 2.45) is 11.7 Å². The summed E-state index contributed by atoms with van der Waals surface area (Å²) in [6, 6.07) is 6.64. The summed E-state index contributed by atoms with van der Waals surface area (Å²) in [6.07, 6.45) is 1.84. The summed E-state index contributed by atoms with van der Waals surface area (Å²) in [5, 5.41) is 0. The number of nitrogens with two attached hydrogens (primary N) is 1. The topological polar surface area (TPSA) is 81.4 Å². The van der Waals surface area contributed by atoms with E-state index in [2.05, 4.69) is 4.72 Å². The molecule has 1 unspecified atom stereocenters. The number of hydrogen-bond donors (Lipinski definition) is 2. The molecule has 1 aliphatic rings. The van der Waals surface area contributed by atoms with Crippen molar-refractivity contribution < 1.29 is 13.2 Å². The van der Waals surface area contributed by atoms with Crippen molar-refractivity contribution in [2.45, 2.75) is 24.3 Å². The van der Waals surface area contributed by atoms with Gasteiger partial charge in [-0.25, -0.2) is 13.1 Å². The molecule has 1 aliphatic heterocycles. The Hall–Kier alpha value is -0.950. The molecule has 0 aliphatic carbocycles. The molecule has 1 saturated heterocycles. The van der Waals surface area contributed by atoms with Crippen LogP contribution >= 0.6 is 0 Å². The van der Waals surface area contributed by atoms with E-state index in [0.717, 1.165) is 31.6 Å². The van der Waals surface area contributed by atoms with Gasteiger partial charge in [-0.2, -0.15) is 0 Å². The largest absolute Gasteiger partial charge is 0.381 e. The van der Waals surface area contributed by atoms with E-state index in [-0.39, 0.29) is 4.90 Å². The van der Waals surface area contributed by atoms with Gasteiger partial charge in [0.1, 0.15) is 0 Å². The van der Waals surface area contributed by atoms with Crippen LogP contribution in [0.25, 0.3) is 0 Å². The van der Waals surface area contributed by atoms with Gasteiger partial charge in [-0.15, -0.1) is 0 Å². The van der Waals surface area contributed by atoms with Gasteiger partial charge in [0.15, 0.2) is 0 Å². The molecule has 0 spiro atoms. The second kappa shape index (κ2) is 6.47. The van der Waals surface area contributed by atoms with E-state index in [1.165, 1.54) is 0 Å². The molecule has 0 radical (unpaired) electrons. The van der Waals surface area contributed by atoms with Crippen LogP contribution in [0.5, 0.6) is 0 Å². The minimum absolute atomic E-state index is 0.285. The van der Waals surface area contributed by atoms with Crippen LogP contribution in [0.2, 0.25) is 0 Å². The van der Waals surface area contributed by atoms with Gasteiger partial charge in [-0.1, -0.05) is 12.1 Å². The zero-order valence-electron chi connectivity index (χ0n) is 10.8. The average molecular weight is 284 g/mol. The molecule has 0 amide bonds. The molecule has 5 nitrogen and oxygen atoms in total. The SMILES string of the molecule is NCc1ccc(S(=O)(=O)NCCC2CCOC2)cc1. The van der Waals surface area contributed by atoms with Crippen molar-refractivity contribution in [3.8, 4) is 0 Å². The fourth-order valence-electron chi connectivity index (χ4n) is 2.10. The molecule has 1 aromatic rings. The Labute approximate surface area is 114 Å². The van der Waals surface area contributed by atoms with Crippen molar-refractivity contribution in [3.05, 3.63) is 29.8 Å². The highest BCUT2D eigenvalue weighted by Crippen LogP contribution is 2.16. The maximum Gasteiger partial charge on any atom is 0.240 e. The lowest BCUT2D eigenvalue weighted by atomic mass is 10.1. The molecular formula is C13H20N2O3S. The first-order valence-corrected chi connectivity index (χ1v) is 7.96. The first-order chi connectivity index (χ1) is 9.12. The van der Waals surface area contributed by atoms with Crippen molar-refractivity contribution in [2.75, 3.05) is 19.8 Å². The Balaban J connectivity index is 1.89. The van der Waals surface area contributed by atoms with Crippen LogP contribution < -0.4 is 10.5 Å². The normalized spacial score (nSPS) is 19.7. The quantitative estimate of drug-likeness (QED) is 0.811. The Bertz CT molecular complexity index is 493. The Kier molecular flexibility index (Phi) is 4.93. The van der Waals surface area contributed by atoms with E-state index in [4.69, 9.17) is 10.5 Å². The fraction of sp³-hybridized carbons (Fsp3) is 0.538. The molecule has 106 valence electrons. The summed E-state index contributed by atoms with van der Waals surface area (Å²) < 4.78 is 31.9. The maximum atomic E-state index is 12.0. The van der Waals surface area contributed by atoms with E-state index >= 15 is 0 Å². The number of sulfonamides is 1. The highest BCUT2D eigenvalue weighted by molar-refractivity contribution is 7.89. The van der Waals surface area contributed by atoms with E-state index in [9.17, 15) is 8.42 Å². The van der Waals surface area contributed by atoms with Crippen LogP contribution in [0.3, 0.4) is 0 Å². The lowest BCUT2D eigenvalue weighted by Crippen LogP contribution is -2.26. The van der Waals surface area contributed by atoms with Crippen molar-refractivity contribution in [1.29, 1.82) is 0 Å². The molecule has 0 bridgehead atoms. The molecule has 0 aromatic heterocycles. The average Bonchev–Trinajstić information content (AvgIpc) is 2.92. The number of ether oxygens (including phenoxy) is 1. The van der Waals surface area contributed by atoms with Crippen LogP contribution in [0, 0.1) is 5.92 Å². The lowest BCUT2D eigenvalue weighted by molar-refractivity contribution is 0.184. The Morgan fingerprint density at radius 3 is 2.63 bits per heavy atom. The first kappa shape index (κ1) is 14.5. The fourth-order valence-corrected chi connectivity index (χ4v) is 3.14. The van der Waals surface area contributed by atoms with Crippen LogP contribution in [0.1, 0.15) is 18.4 Å². The van der Waals surface area contributed by atoms with Gasteiger partial charge in [0.2, 0.25) is 10.0 Å². The Morgan fingerprint density at radius 1 is 1.32 bits per heavy atom. The standard InChI is InChI=1S/C13H20N2O3S/c14-9-11-1-3-13(4-2-11)19(16,17)15-7-5-12-6-8-18-10-12/h1-4,12,15H,5-10,14H2. The summed E-state index contributed by atoms with van der Waals surface area (Å²) in [5.41, 5.74) is 6.40. The molecule has 0 saturated carbocycles. The zero-order chi connectivity index (χ0) is 13.7. The summed E-state index contributed by atoms with van der Waals surface area (Å²) in [4.78, 5) is 0.285. The van der Waals surface area contributed by atoms with Gasteiger partial charge in [0.05, 0.1) is 4.90 Å². The molecule has 3 N–H and O–H groups in total. The molecule has 1 atom stereocenters. The summed E-state index contributed by atoms with van der Waals surface area (Å²) in [5.74, 6) is 0.474. The molecule has 1 fully saturated rings. The molecule has 6 heteroatoms. The molecule has 19 heavy (non-hydrogen) atoms. The highest BCUT2D eigenvalue weighted by atomic mass is 32.2. The number of rotatable bonds is 6. The third kappa shape index (κ3) is 4.01. The van der Waals surface area contributed by atoms with Gasteiger partial charge < -0.3 is 10.5 Å². The monoisotopic (exact) mass is 284 g/mol. The summed E-state index contributed by atoms with van der Waals surface area (Å²) in [7, 11) is -3.41. The van der Waals surface area contributed by atoms with Crippen molar-refractivity contribution >= 4 is 10.0 Å². The van der Waals surface area contributed by atoms with Crippen LogP contribution in [0.4, 0.5) is 0 Å². The van der Waals surface area contributed by atoms with Gasteiger partial charge >= 0.3 is 0 Å². The zero-order valence-corrected chi connectivity index (χ0v) is 11.7. The number of hydrogen-bond acceptors (Lipinski definition) is 4. The van der Waals surface area contributed by atoms with E-state index in [0.29, 0.717) is 19.0 Å². The molecule has 1 heterocycles.